The molecule has 1 unspecified atom stereocenters. The summed E-state index contributed by atoms with van der Waals surface area (Å²) in [6, 6.07) is 5.96. The first-order valence-electron chi connectivity index (χ1n) is 5.94. The average molecular weight is 250 g/mol. The van der Waals surface area contributed by atoms with Gasteiger partial charge in [0, 0.05) is 28.8 Å². The van der Waals surface area contributed by atoms with E-state index in [1.807, 2.05) is 12.1 Å². The first kappa shape index (κ1) is 12.3. The summed E-state index contributed by atoms with van der Waals surface area (Å²) < 4.78 is 0. The molecule has 0 aliphatic carbocycles. The van der Waals surface area contributed by atoms with Gasteiger partial charge in [0.1, 0.15) is 0 Å². The van der Waals surface area contributed by atoms with Crippen LogP contribution in [0.3, 0.4) is 0 Å². The Morgan fingerprint density at radius 2 is 2.29 bits per heavy atom. The largest absolute Gasteiger partial charge is 0.399 e. The third kappa shape index (κ3) is 3.40. The van der Waals surface area contributed by atoms with E-state index in [4.69, 9.17) is 5.73 Å². The number of rotatable bonds is 2. The standard InChI is InChI=1S/C13H18N2OS/c1-9-7-10(14)4-5-12(9)17-11-3-2-6-15-13(16)8-11/h4-5,7,11H,2-3,6,8,14H2,1H3,(H,15,16). The van der Waals surface area contributed by atoms with E-state index in [9.17, 15) is 4.79 Å². The van der Waals surface area contributed by atoms with E-state index in [0.29, 0.717) is 11.7 Å². The summed E-state index contributed by atoms with van der Waals surface area (Å²) in [6.45, 7) is 2.88. The maximum absolute atomic E-state index is 11.5. The number of thioether (sulfide) groups is 1. The zero-order valence-electron chi connectivity index (χ0n) is 10.0. The molecule has 0 spiro atoms. The topological polar surface area (TPSA) is 55.1 Å². The first-order valence-corrected chi connectivity index (χ1v) is 6.82. The Kier molecular flexibility index (Phi) is 3.94. The third-order valence-corrected chi connectivity index (χ3v) is 4.38. The molecule has 1 amide bonds. The van der Waals surface area contributed by atoms with Crippen LogP contribution in [0.4, 0.5) is 5.69 Å². The second-order valence-corrected chi connectivity index (χ2v) is 5.80. The van der Waals surface area contributed by atoms with E-state index in [0.717, 1.165) is 25.1 Å². The maximum Gasteiger partial charge on any atom is 0.221 e. The third-order valence-electron chi connectivity index (χ3n) is 2.93. The van der Waals surface area contributed by atoms with E-state index in [-0.39, 0.29) is 5.91 Å². The van der Waals surface area contributed by atoms with Gasteiger partial charge >= 0.3 is 0 Å². The van der Waals surface area contributed by atoms with Crippen LogP contribution in [0.25, 0.3) is 0 Å². The van der Waals surface area contributed by atoms with Crippen molar-refractivity contribution < 1.29 is 4.79 Å². The predicted octanol–water partition coefficient (Wildman–Crippen LogP) is 2.34. The molecular weight excluding hydrogens is 232 g/mol. The molecule has 4 heteroatoms. The van der Waals surface area contributed by atoms with Crippen LogP contribution in [-0.4, -0.2) is 17.7 Å². The van der Waals surface area contributed by atoms with Crippen molar-refractivity contribution in [3.8, 4) is 0 Å². The van der Waals surface area contributed by atoms with Crippen LogP contribution in [0.5, 0.6) is 0 Å². The van der Waals surface area contributed by atoms with Crippen molar-refractivity contribution in [1.82, 2.24) is 5.32 Å². The average Bonchev–Trinajstić information content (AvgIpc) is 2.47. The highest BCUT2D eigenvalue weighted by atomic mass is 32.2. The molecule has 0 aromatic heterocycles. The first-order chi connectivity index (χ1) is 8.15. The van der Waals surface area contributed by atoms with E-state index >= 15 is 0 Å². The van der Waals surface area contributed by atoms with Gasteiger partial charge in [-0.05, 0) is 43.5 Å². The minimum absolute atomic E-state index is 0.174. The molecule has 1 aromatic carbocycles. The summed E-state index contributed by atoms with van der Waals surface area (Å²) in [5.74, 6) is 0.174. The Hall–Kier alpha value is -1.16. The number of nitrogen functional groups attached to an aromatic ring is 1. The molecule has 0 saturated carbocycles. The van der Waals surface area contributed by atoms with Gasteiger partial charge in [-0.2, -0.15) is 0 Å². The summed E-state index contributed by atoms with van der Waals surface area (Å²) in [5, 5.41) is 3.30. The Morgan fingerprint density at radius 1 is 1.47 bits per heavy atom. The molecule has 1 aliphatic heterocycles. The summed E-state index contributed by atoms with van der Waals surface area (Å²) >= 11 is 1.80. The molecule has 1 atom stereocenters. The van der Waals surface area contributed by atoms with Gasteiger partial charge in [0.2, 0.25) is 5.91 Å². The lowest BCUT2D eigenvalue weighted by atomic mass is 10.2. The number of carbonyl (C=O) groups is 1. The van der Waals surface area contributed by atoms with Gasteiger partial charge in [0.05, 0.1) is 0 Å². The number of aryl methyl sites for hydroxylation is 1. The zero-order valence-corrected chi connectivity index (χ0v) is 10.8. The summed E-state index contributed by atoms with van der Waals surface area (Å²) in [6.07, 6.45) is 2.78. The van der Waals surface area contributed by atoms with Crippen LogP contribution in [0.2, 0.25) is 0 Å². The van der Waals surface area contributed by atoms with Crippen LogP contribution in [-0.2, 0) is 4.79 Å². The minimum Gasteiger partial charge on any atom is -0.399 e. The molecule has 0 radical (unpaired) electrons. The smallest absolute Gasteiger partial charge is 0.221 e. The van der Waals surface area contributed by atoms with Crippen molar-refractivity contribution >= 4 is 23.4 Å². The maximum atomic E-state index is 11.5. The molecule has 3 N–H and O–H groups in total. The van der Waals surface area contributed by atoms with Crippen molar-refractivity contribution in [2.24, 2.45) is 0 Å². The highest BCUT2D eigenvalue weighted by Crippen LogP contribution is 2.32. The molecule has 17 heavy (non-hydrogen) atoms. The fourth-order valence-corrected chi connectivity index (χ4v) is 3.29. The van der Waals surface area contributed by atoms with E-state index in [1.54, 1.807) is 11.8 Å². The number of nitrogens with one attached hydrogen (secondary N) is 1. The second kappa shape index (κ2) is 5.45. The molecule has 1 fully saturated rings. The van der Waals surface area contributed by atoms with Crippen LogP contribution < -0.4 is 11.1 Å². The van der Waals surface area contributed by atoms with Crippen molar-refractivity contribution in [3.05, 3.63) is 23.8 Å². The highest BCUT2D eigenvalue weighted by molar-refractivity contribution is 8.00. The fourth-order valence-electron chi connectivity index (χ4n) is 2.02. The number of hydrogen-bond donors (Lipinski definition) is 2. The van der Waals surface area contributed by atoms with Gasteiger partial charge in [0.25, 0.3) is 0 Å². The Balaban J connectivity index is 2.06. The van der Waals surface area contributed by atoms with Crippen molar-refractivity contribution in [1.29, 1.82) is 0 Å². The van der Waals surface area contributed by atoms with Crippen LogP contribution in [0.1, 0.15) is 24.8 Å². The number of benzene rings is 1. The molecule has 1 heterocycles. The molecule has 1 saturated heterocycles. The van der Waals surface area contributed by atoms with E-state index in [1.165, 1.54) is 10.5 Å². The van der Waals surface area contributed by atoms with Gasteiger partial charge in [-0.1, -0.05) is 0 Å². The Bertz CT molecular complexity index is 420. The second-order valence-electron chi connectivity index (χ2n) is 4.46. The van der Waals surface area contributed by atoms with Gasteiger partial charge in [-0.15, -0.1) is 11.8 Å². The van der Waals surface area contributed by atoms with Crippen molar-refractivity contribution in [2.75, 3.05) is 12.3 Å². The number of hydrogen-bond acceptors (Lipinski definition) is 3. The Morgan fingerprint density at radius 3 is 3.06 bits per heavy atom. The summed E-state index contributed by atoms with van der Waals surface area (Å²) in [7, 11) is 0. The lowest BCUT2D eigenvalue weighted by molar-refractivity contribution is -0.120. The summed E-state index contributed by atoms with van der Waals surface area (Å²) in [4.78, 5) is 12.7. The number of carbonyl (C=O) groups excluding carboxylic acids is 1. The lowest BCUT2D eigenvalue weighted by Crippen LogP contribution is -2.22. The highest BCUT2D eigenvalue weighted by Gasteiger charge is 2.18. The predicted molar refractivity (Wildman–Crippen MR) is 72.1 cm³/mol. The minimum atomic E-state index is 0.174. The van der Waals surface area contributed by atoms with Crippen molar-refractivity contribution in [3.63, 3.8) is 0 Å². The fraction of sp³-hybridized carbons (Fsp3) is 0.462. The van der Waals surface area contributed by atoms with Crippen LogP contribution in [0, 0.1) is 6.92 Å². The number of amides is 1. The van der Waals surface area contributed by atoms with Gasteiger partial charge in [-0.25, -0.2) is 0 Å². The SMILES string of the molecule is Cc1cc(N)ccc1SC1CCCNC(=O)C1. The monoisotopic (exact) mass is 250 g/mol. The van der Waals surface area contributed by atoms with E-state index in [2.05, 4.69) is 18.3 Å². The zero-order chi connectivity index (χ0) is 12.3. The van der Waals surface area contributed by atoms with Gasteiger partial charge < -0.3 is 11.1 Å². The van der Waals surface area contributed by atoms with Crippen LogP contribution >= 0.6 is 11.8 Å². The molecule has 1 aromatic rings. The molecule has 92 valence electrons. The number of anilines is 1. The molecule has 3 nitrogen and oxygen atoms in total. The molecular formula is C13H18N2OS. The number of nitrogens with two attached hydrogens (primary N) is 1. The normalized spacial score (nSPS) is 20.8. The molecule has 2 rings (SSSR count). The molecule has 1 aliphatic rings. The van der Waals surface area contributed by atoms with Gasteiger partial charge in [0.15, 0.2) is 0 Å². The van der Waals surface area contributed by atoms with Crippen molar-refractivity contribution in [2.45, 2.75) is 36.3 Å². The summed E-state index contributed by atoms with van der Waals surface area (Å²) in [5.41, 5.74) is 7.73. The van der Waals surface area contributed by atoms with Gasteiger partial charge in [-0.3, -0.25) is 4.79 Å². The quantitative estimate of drug-likeness (QED) is 0.792. The van der Waals surface area contributed by atoms with E-state index < -0.39 is 0 Å². The lowest BCUT2D eigenvalue weighted by Gasteiger charge is -2.14. The molecule has 0 bridgehead atoms. The Labute approximate surface area is 106 Å². The van der Waals surface area contributed by atoms with Crippen LogP contribution in [0.15, 0.2) is 23.1 Å².